The number of rotatable bonds is 4. The molecule has 0 saturated carbocycles. The lowest BCUT2D eigenvalue weighted by Gasteiger charge is -2.19. The maximum Gasteiger partial charge on any atom is 0.0627 e. The molecule has 0 aliphatic heterocycles. The molecule has 0 bridgehead atoms. The highest BCUT2D eigenvalue weighted by Crippen LogP contribution is 2.25. The van der Waals surface area contributed by atoms with E-state index in [0.29, 0.717) is 6.42 Å². The topological polar surface area (TPSA) is 23.8 Å². The smallest absolute Gasteiger partial charge is 0.0627 e. The molecule has 0 N–H and O–H groups in total. The Bertz CT molecular complexity index is 124. The van der Waals surface area contributed by atoms with Crippen LogP contribution in [0, 0.1) is 16.7 Å². The SMILES string of the molecule is CC(C)(CC#N)CCCS. The standard InChI is InChI=1S/C8H15NS/c1-8(2,5-6-9)4-3-7-10/h10H,3-5,7H2,1-2H3. The summed E-state index contributed by atoms with van der Waals surface area (Å²) in [5.41, 5.74) is 0.192. The first-order chi connectivity index (χ1) is 4.62. The van der Waals surface area contributed by atoms with Crippen LogP contribution < -0.4 is 0 Å². The van der Waals surface area contributed by atoms with Gasteiger partial charge < -0.3 is 0 Å². The number of hydrogen-bond acceptors (Lipinski definition) is 2. The summed E-state index contributed by atoms with van der Waals surface area (Å²) in [6.45, 7) is 4.25. The summed E-state index contributed by atoms with van der Waals surface area (Å²) in [5, 5.41) is 8.43. The van der Waals surface area contributed by atoms with Crippen molar-refractivity contribution in [2.75, 3.05) is 5.75 Å². The average molecular weight is 157 g/mol. The minimum Gasteiger partial charge on any atom is -0.198 e. The summed E-state index contributed by atoms with van der Waals surface area (Å²) in [6, 6.07) is 2.19. The van der Waals surface area contributed by atoms with Gasteiger partial charge in [0.15, 0.2) is 0 Å². The fourth-order valence-electron chi connectivity index (χ4n) is 0.860. The van der Waals surface area contributed by atoms with Gasteiger partial charge in [-0.05, 0) is 24.0 Å². The van der Waals surface area contributed by atoms with Gasteiger partial charge in [0.25, 0.3) is 0 Å². The first-order valence-corrected chi connectivity index (χ1v) is 4.23. The Morgan fingerprint density at radius 3 is 2.50 bits per heavy atom. The fourth-order valence-corrected chi connectivity index (χ4v) is 1.02. The van der Waals surface area contributed by atoms with E-state index in [1.54, 1.807) is 0 Å². The zero-order valence-electron chi connectivity index (χ0n) is 6.72. The van der Waals surface area contributed by atoms with E-state index < -0.39 is 0 Å². The van der Waals surface area contributed by atoms with Crippen molar-refractivity contribution in [3.63, 3.8) is 0 Å². The quantitative estimate of drug-likeness (QED) is 0.623. The van der Waals surface area contributed by atoms with E-state index in [1.807, 2.05) is 0 Å². The molecule has 0 aromatic rings. The minimum absolute atomic E-state index is 0.192. The molecule has 2 heteroatoms. The molecule has 0 aliphatic rings. The predicted molar refractivity (Wildman–Crippen MR) is 47.1 cm³/mol. The number of nitriles is 1. The van der Waals surface area contributed by atoms with Crippen molar-refractivity contribution in [3.8, 4) is 6.07 Å². The van der Waals surface area contributed by atoms with Gasteiger partial charge in [0.2, 0.25) is 0 Å². The van der Waals surface area contributed by atoms with Gasteiger partial charge in [-0.1, -0.05) is 13.8 Å². The molecule has 0 unspecified atom stereocenters. The number of hydrogen-bond donors (Lipinski definition) is 1. The summed E-state index contributed by atoms with van der Waals surface area (Å²) >= 11 is 4.12. The van der Waals surface area contributed by atoms with E-state index in [9.17, 15) is 0 Å². The van der Waals surface area contributed by atoms with Gasteiger partial charge in [-0.3, -0.25) is 0 Å². The maximum atomic E-state index is 8.43. The third kappa shape index (κ3) is 4.69. The third-order valence-electron chi connectivity index (χ3n) is 1.57. The van der Waals surface area contributed by atoms with E-state index in [1.165, 1.54) is 0 Å². The first-order valence-electron chi connectivity index (χ1n) is 3.60. The van der Waals surface area contributed by atoms with Crippen LogP contribution in [-0.4, -0.2) is 5.75 Å². The Balaban J connectivity index is 3.55. The molecule has 58 valence electrons. The number of thiol groups is 1. The van der Waals surface area contributed by atoms with Crippen molar-refractivity contribution in [2.45, 2.75) is 33.1 Å². The van der Waals surface area contributed by atoms with Crippen LogP contribution >= 0.6 is 12.6 Å². The van der Waals surface area contributed by atoms with E-state index in [4.69, 9.17) is 5.26 Å². The molecular formula is C8H15NS. The minimum atomic E-state index is 0.192. The van der Waals surface area contributed by atoms with Crippen LogP contribution in [0.1, 0.15) is 33.1 Å². The molecule has 0 spiro atoms. The van der Waals surface area contributed by atoms with Gasteiger partial charge in [-0.25, -0.2) is 0 Å². The lowest BCUT2D eigenvalue weighted by atomic mass is 9.85. The Kier molecular flexibility index (Phi) is 4.55. The zero-order valence-corrected chi connectivity index (χ0v) is 7.62. The molecule has 1 nitrogen and oxygen atoms in total. The molecule has 0 atom stereocenters. The summed E-state index contributed by atoms with van der Waals surface area (Å²) in [7, 11) is 0. The average Bonchev–Trinajstić information content (AvgIpc) is 1.84. The summed E-state index contributed by atoms with van der Waals surface area (Å²) in [6.07, 6.45) is 2.86. The third-order valence-corrected chi connectivity index (χ3v) is 1.89. The Hall–Kier alpha value is -0.160. The van der Waals surface area contributed by atoms with Gasteiger partial charge in [0.05, 0.1) is 6.07 Å². The van der Waals surface area contributed by atoms with Gasteiger partial charge in [-0.15, -0.1) is 0 Å². The predicted octanol–water partition coefficient (Wildman–Crippen LogP) is 2.64. The second-order valence-electron chi connectivity index (χ2n) is 3.33. The van der Waals surface area contributed by atoms with Gasteiger partial charge in [-0.2, -0.15) is 17.9 Å². The van der Waals surface area contributed by atoms with E-state index in [0.717, 1.165) is 18.6 Å². The number of nitrogens with zero attached hydrogens (tertiary/aromatic N) is 1. The summed E-state index contributed by atoms with van der Waals surface area (Å²) < 4.78 is 0. The normalized spacial score (nSPS) is 11.0. The first kappa shape index (κ1) is 9.84. The van der Waals surface area contributed by atoms with E-state index in [-0.39, 0.29) is 5.41 Å². The van der Waals surface area contributed by atoms with E-state index in [2.05, 4.69) is 32.5 Å². The van der Waals surface area contributed by atoms with Crippen LogP contribution in [0.2, 0.25) is 0 Å². The second-order valence-corrected chi connectivity index (χ2v) is 3.77. The second kappa shape index (κ2) is 4.62. The van der Waals surface area contributed by atoms with Crippen LogP contribution in [0.25, 0.3) is 0 Å². The highest BCUT2D eigenvalue weighted by Gasteiger charge is 2.15. The van der Waals surface area contributed by atoms with Crippen LogP contribution in [0.15, 0.2) is 0 Å². The van der Waals surface area contributed by atoms with Crippen molar-refractivity contribution >= 4 is 12.6 Å². The molecule has 0 aliphatic carbocycles. The Morgan fingerprint density at radius 2 is 2.10 bits per heavy atom. The molecule has 10 heavy (non-hydrogen) atoms. The molecule has 0 rings (SSSR count). The van der Waals surface area contributed by atoms with Crippen LogP contribution in [0.5, 0.6) is 0 Å². The maximum absolute atomic E-state index is 8.43. The van der Waals surface area contributed by atoms with Crippen molar-refractivity contribution in [1.29, 1.82) is 5.26 Å². The van der Waals surface area contributed by atoms with Crippen molar-refractivity contribution in [1.82, 2.24) is 0 Å². The Morgan fingerprint density at radius 1 is 1.50 bits per heavy atom. The van der Waals surface area contributed by atoms with Crippen molar-refractivity contribution in [3.05, 3.63) is 0 Å². The lowest BCUT2D eigenvalue weighted by molar-refractivity contribution is 0.341. The molecule has 0 amide bonds. The molecule has 0 heterocycles. The molecule has 0 fully saturated rings. The molecular weight excluding hydrogens is 142 g/mol. The van der Waals surface area contributed by atoms with Gasteiger partial charge >= 0.3 is 0 Å². The van der Waals surface area contributed by atoms with Crippen LogP contribution in [0.3, 0.4) is 0 Å². The summed E-state index contributed by atoms with van der Waals surface area (Å²) in [4.78, 5) is 0. The van der Waals surface area contributed by atoms with Crippen molar-refractivity contribution < 1.29 is 0 Å². The molecule has 0 aromatic heterocycles. The molecule has 0 radical (unpaired) electrons. The van der Waals surface area contributed by atoms with Gasteiger partial charge in [0.1, 0.15) is 0 Å². The molecule has 0 aromatic carbocycles. The largest absolute Gasteiger partial charge is 0.198 e. The van der Waals surface area contributed by atoms with Crippen molar-refractivity contribution in [2.24, 2.45) is 5.41 Å². The van der Waals surface area contributed by atoms with Gasteiger partial charge in [0, 0.05) is 6.42 Å². The van der Waals surface area contributed by atoms with Crippen LogP contribution in [0.4, 0.5) is 0 Å². The highest BCUT2D eigenvalue weighted by molar-refractivity contribution is 7.80. The zero-order chi connectivity index (χ0) is 8.04. The monoisotopic (exact) mass is 157 g/mol. The Labute approximate surface area is 68.8 Å². The summed E-state index contributed by atoms with van der Waals surface area (Å²) in [5.74, 6) is 0.925. The highest BCUT2D eigenvalue weighted by atomic mass is 32.1. The van der Waals surface area contributed by atoms with Crippen LogP contribution in [-0.2, 0) is 0 Å². The fraction of sp³-hybridized carbons (Fsp3) is 0.875. The van der Waals surface area contributed by atoms with E-state index >= 15 is 0 Å². The molecule has 0 saturated heterocycles. The lowest BCUT2D eigenvalue weighted by Crippen LogP contribution is -2.09.